The highest BCUT2D eigenvalue weighted by Crippen LogP contribution is 2.54. The minimum absolute atomic E-state index is 0.411. The molecule has 0 aromatic heterocycles. The summed E-state index contributed by atoms with van der Waals surface area (Å²) in [5.41, 5.74) is 0.411. The Labute approximate surface area is 135 Å². The van der Waals surface area contributed by atoms with Crippen molar-refractivity contribution < 1.29 is 4.74 Å². The van der Waals surface area contributed by atoms with E-state index in [2.05, 4.69) is 59.1 Å². The van der Waals surface area contributed by atoms with Crippen LogP contribution < -0.4 is 10.1 Å². The molecule has 2 atom stereocenters. The Balaban J connectivity index is 1.70. The van der Waals surface area contributed by atoms with Crippen LogP contribution in [0.25, 0.3) is 0 Å². The lowest BCUT2D eigenvalue weighted by Gasteiger charge is -2.54. The van der Waals surface area contributed by atoms with Gasteiger partial charge in [0, 0.05) is 17.9 Å². The lowest BCUT2D eigenvalue weighted by atomic mass is 9.60. The van der Waals surface area contributed by atoms with Crippen molar-refractivity contribution in [2.45, 2.75) is 57.6 Å². The third-order valence-corrected chi connectivity index (χ3v) is 5.96. The van der Waals surface area contributed by atoms with Gasteiger partial charge in [-0.25, -0.2) is 0 Å². The molecule has 2 saturated carbocycles. The molecule has 1 aromatic carbocycles. The highest BCUT2D eigenvalue weighted by Gasteiger charge is 2.57. The van der Waals surface area contributed by atoms with Gasteiger partial charge in [-0.05, 0) is 60.5 Å². The van der Waals surface area contributed by atoms with Crippen LogP contribution in [0.3, 0.4) is 0 Å². The van der Waals surface area contributed by atoms with Crippen LogP contribution >= 0.6 is 22.6 Å². The molecule has 2 fully saturated rings. The van der Waals surface area contributed by atoms with Gasteiger partial charge >= 0.3 is 0 Å². The maximum Gasteiger partial charge on any atom is 0.133 e. The number of para-hydroxylation sites is 1. The van der Waals surface area contributed by atoms with Crippen LogP contribution in [-0.4, -0.2) is 18.7 Å². The molecule has 0 aliphatic heterocycles. The molecule has 1 aromatic rings. The maximum atomic E-state index is 6.38. The molecule has 3 rings (SSSR count). The normalized spacial score (nSPS) is 27.5. The first-order valence-corrected chi connectivity index (χ1v) is 8.99. The van der Waals surface area contributed by atoms with Gasteiger partial charge in [-0.15, -0.1) is 0 Å². The lowest BCUT2D eigenvalue weighted by molar-refractivity contribution is -0.0763. The molecular weight excluding hydrogens is 361 g/mol. The van der Waals surface area contributed by atoms with Gasteiger partial charge in [0.25, 0.3) is 0 Å². The van der Waals surface area contributed by atoms with Crippen molar-refractivity contribution >= 4 is 22.6 Å². The van der Waals surface area contributed by atoms with Crippen LogP contribution in [0.1, 0.15) is 45.4 Å². The summed E-state index contributed by atoms with van der Waals surface area (Å²) < 4.78 is 7.61. The third kappa shape index (κ3) is 2.59. The van der Waals surface area contributed by atoms with Gasteiger partial charge in [-0.3, -0.25) is 0 Å². The summed E-state index contributed by atoms with van der Waals surface area (Å²) in [7, 11) is 0. The summed E-state index contributed by atoms with van der Waals surface area (Å²) >= 11 is 2.37. The molecular formula is C17H24INO. The van der Waals surface area contributed by atoms with E-state index in [1.165, 1.54) is 42.1 Å². The molecule has 2 aliphatic carbocycles. The molecule has 0 heterocycles. The number of halogens is 1. The molecule has 20 heavy (non-hydrogen) atoms. The fourth-order valence-electron chi connectivity index (χ4n) is 3.92. The van der Waals surface area contributed by atoms with Crippen molar-refractivity contribution in [3.05, 3.63) is 27.8 Å². The first kappa shape index (κ1) is 14.6. The zero-order valence-electron chi connectivity index (χ0n) is 12.2. The van der Waals surface area contributed by atoms with E-state index in [9.17, 15) is 0 Å². The number of hydrogen-bond acceptors (Lipinski definition) is 2. The lowest BCUT2D eigenvalue weighted by Crippen LogP contribution is -2.63. The van der Waals surface area contributed by atoms with Crippen LogP contribution in [0, 0.1) is 8.99 Å². The van der Waals surface area contributed by atoms with Crippen LogP contribution in [0.2, 0.25) is 0 Å². The predicted octanol–water partition coefficient (Wildman–Crippen LogP) is 4.37. The average molecular weight is 385 g/mol. The molecule has 3 heteroatoms. The second-order valence-electron chi connectivity index (χ2n) is 6.22. The third-order valence-electron chi connectivity index (χ3n) is 5.07. The molecule has 1 spiro atoms. The van der Waals surface area contributed by atoms with E-state index in [1.807, 2.05) is 0 Å². The van der Waals surface area contributed by atoms with Gasteiger partial charge in [0.1, 0.15) is 11.9 Å². The highest BCUT2D eigenvalue weighted by atomic mass is 127. The summed E-state index contributed by atoms with van der Waals surface area (Å²) in [5.74, 6) is 1.07. The average Bonchev–Trinajstić information content (AvgIpc) is 2.96. The molecule has 2 unspecified atom stereocenters. The second kappa shape index (κ2) is 6.22. The Morgan fingerprint density at radius 1 is 1.30 bits per heavy atom. The molecule has 1 N–H and O–H groups in total. The Kier molecular flexibility index (Phi) is 4.55. The van der Waals surface area contributed by atoms with Gasteiger partial charge < -0.3 is 10.1 Å². The topological polar surface area (TPSA) is 21.3 Å². The fourth-order valence-corrected chi connectivity index (χ4v) is 4.43. The monoisotopic (exact) mass is 385 g/mol. The van der Waals surface area contributed by atoms with Crippen LogP contribution in [-0.2, 0) is 0 Å². The van der Waals surface area contributed by atoms with Gasteiger partial charge in [-0.1, -0.05) is 31.9 Å². The molecule has 0 saturated heterocycles. The predicted molar refractivity (Wildman–Crippen MR) is 91.2 cm³/mol. The molecule has 110 valence electrons. The minimum Gasteiger partial charge on any atom is -0.489 e. The first-order valence-electron chi connectivity index (χ1n) is 7.91. The first-order chi connectivity index (χ1) is 9.76. The minimum atomic E-state index is 0.411. The van der Waals surface area contributed by atoms with Crippen molar-refractivity contribution in [3.63, 3.8) is 0 Å². The van der Waals surface area contributed by atoms with E-state index in [0.717, 1.165) is 12.3 Å². The van der Waals surface area contributed by atoms with E-state index in [-0.39, 0.29) is 0 Å². The van der Waals surface area contributed by atoms with Crippen LogP contribution in [0.5, 0.6) is 5.75 Å². The van der Waals surface area contributed by atoms with E-state index in [1.54, 1.807) is 0 Å². The standard InChI is InChI=1S/C17H24INO/c1-2-11-19-15-12-16(17(15)9-5-6-10-17)20-14-8-4-3-7-13(14)18/h3-4,7-8,15-16,19H,2,5-6,9-12H2,1H3. The summed E-state index contributed by atoms with van der Waals surface area (Å²) in [6.07, 6.45) is 8.21. The van der Waals surface area contributed by atoms with Crippen LogP contribution in [0.15, 0.2) is 24.3 Å². The van der Waals surface area contributed by atoms with Gasteiger partial charge in [0.2, 0.25) is 0 Å². The SMILES string of the molecule is CCCNC1CC(Oc2ccccc2I)C12CCCC2. The largest absolute Gasteiger partial charge is 0.489 e. The number of rotatable bonds is 5. The molecule has 0 radical (unpaired) electrons. The number of benzene rings is 1. The van der Waals surface area contributed by atoms with Gasteiger partial charge in [0.05, 0.1) is 3.57 Å². The summed E-state index contributed by atoms with van der Waals surface area (Å²) in [6.45, 7) is 3.38. The van der Waals surface area contributed by atoms with Crippen molar-refractivity contribution in [2.75, 3.05) is 6.54 Å². The van der Waals surface area contributed by atoms with E-state index < -0.39 is 0 Å². The quantitative estimate of drug-likeness (QED) is 0.760. The van der Waals surface area contributed by atoms with Gasteiger partial charge in [-0.2, -0.15) is 0 Å². The van der Waals surface area contributed by atoms with E-state index in [4.69, 9.17) is 4.74 Å². The zero-order valence-corrected chi connectivity index (χ0v) is 14.4. The smallest absolute Gasteiger partial charge is 0.133 e. The Morgan fingerprint density at radius 2 is 2.05 bits per heavy atom. The molecule has 0 amide bonds. The van der Waals surface area contributed by atoms with Crippen LogP contribution in [0.4, 0.5) is 0 Å². The molecule has 0 bridgehead atoms. The summed E-state index contributed by atoms with van der Waals surface area (Å²) in [4.78, 5) is 0. The Hall–Kier alpha value is -0.290. The van der Waals surface area contributed by atoms with E-state index in [0.29, 0.717) is 17.6 Å². The summed E-state index contributed by atoms with van der Waals surface area (Å²) in [5, 5.41) is 3.75. The fraction of sp³-hybridized carbons (Fsp3) is 0.647. The van der Waals surface area contributed by atoms with Crippen molar-refractivity contribution in [3.8, 4) is 5.75 Å². The highest BCUT2D eigenvalue weighted by molar-refractivity contribution is 14.1. The summed E-state index contributed by atoms with van der Waals surface area (Å²) in [6, 6.07) is 9.06. The number of hydrogen-bond donors (Lipinski definition) is 1. The number of ether oxygens (including phenoxy) is 1. The second-order valence-corrected chi connectivity index (χ2v) is 7.38. The van der Waals surface area contributed by atoms with Crippen molar-refractivity contribution in [1.82, 2.24) is 5.32 Å². The van der Waals surface area contributed by atoms with Crippen molar-refractivity contribution in [2.24, 2.45) is 5.41 Å². The Bertz CT molecular complexity index is 456. The molecule has 2 nitrogen and oxygen atoms in total. The molecule has 2 aliphatic rings. The van der Waals surface area contributed by atoms with Gasteiger partial charge in [0.15, 0.2) is 0 Å². The zero-order chi connectivity index (χ0) is 14.0. The Morgan fingerprint density at radius 3 is 2.75 bits per heavy atom. The maximum absolute atomic E-state index is 6.38. The van der Waals surface area contributed by atoms with Crippen molar-refractivity contribution in [1.29, 1.82) is 0 Å². The van der Waals surface area contributed by atoms with E-state index >= 15 is 0 Å². The number of nitrogens with one attached hydrogen (secondary N) is 1.